The number of likely N-dealkylation sites (N-methyl/N-ethyl adjacent to an activating group) is 1. The molecule has 1 fully saturated rings. The van der Waals surface area contributed by atoms with Crippen LogP contribution in [0.5, 0.6) is 5.75 Å². The second-order valence-electron chi connectivity index (χ2n) is 7.86. The van der Waals surface area contributed by atoms with E-state index in [9.17, 15) is 21.6 Å². The quantitative estimate of drug-likeness (QED) is 0.374. The fourth-order valence-electron chi connectivity index (χ4n) is 3.66. The van der Waals surface area contributed by atoms with E-state index < -0.39 is 33.6 Å². The first kappa shape index (κ1) is 25.1. The highest BCUT2D eigenvalue weighted by Gasteiger charge is 2.36. The van der Waals surface area contributed by atoms with Crippen molar-refractivity contribution >= 4 is 50.2 Å². The highest BCUT2D eigenvalue weighted by Crippen LogP contribution is 2.41. The Bertz CT molecular complexity index is 1300. The average Bonchev–Trinajstić information content (AvgIpc) is 3.33. The molecule has 0 amide bonds. The molecule has 2 heterocycles. The molecular formula is C22H19Cl2F3N2O3S2. The largest absolute Gasteiger partial charge is 0.488 e. The number of nitrogens with one attached hydrogen (secondary N) is 1. The maximum absolute atomic E-state index is 13.6. The second-order valence-corrected chi connectivity index (χ2v) is 11.9. The summed E-state index contributed by atoms with van der Waals surface area (Å²) in [5, 5.41) is 0.485. The maximum atomic E-state index is 13.6. The summed E-state index contributed by atoms with van der Waals surface area (Å²) in [7, 11) is -2.33. The van der Waals surface area contributed by atoms with E-state index in [1.54, 1.807) is 24.3 Å². The Morgan fingerprint density at radius 1 is 1.12 bits per heavy atom. The summed E-state index contributed by atoms with van der Waals surface area (Å²) >= 11 is 12.9. The molecule has 1 N–H and O–H groups in total. The molecule has 0 aliphatic carbocycles. The molecule has 1 aliphatic heterocycles. The normalized spacial score (nSPS) is 17.2. The summed E-state index contributed by atoms with van der Waals surface area (Å²) in [6.45, 7) is 1.18. The van der Waals surface area contributed by atoms with Gasteiger partial charge in [0, 0.05) is 29.7 Å². The van der Waals surface area contributed by atoms with Gasteiger partial charge >= 0.3 is 6.18 Å². The van der Waals surface area contributed by atoms with Gasteiger partial charge < -0.3 is 9.64 Å². The predicted octanol–water partition coefficient (Wildman–Crippen LogP) is 6.62. The predicted molar refractivity (Wildman–Crippen MR) is 129 cm³/mol. The standard InChI is InChI=1S/C22H19Cl2F3N2O3S2/c1-29-9-8-16(12-29)32-19-10-15(6-7-18(19)22(25,26)27)28-34(30,31)21-17(11-20(24)33-21)13-2-4-14(23)5-3-13/h2-7,10-11,16,28H,8-9,12H2,1H3/t16-/m1/s1. The van der Waals surface area contributed by atoms with Crippen molar-refractivity contribution in [3.05, 3.63) is 63.5 Å². The van der Waals surface area contributed by atoms with Gasteiger partial charge in [0.2, 0.25) is 0 Å². The van der Waals surface area contributed by atoms with Gasteiger partial charge in [0.25, 0.3) is 10.0 Å². The Morgan fingerprint density at radius 2 is 1.82 bits per heavy atom. The smallest absolute Gasteiger partial charge is 0.419 e. The van der Waals surface area contributed by atoms with Gasteiger partial charge in [-0.1, -0.05) is 35.3 Å². The molecule has 0 bridgehead atoms. The van der Waals surface area contributed by atoms with Crippen LogP contribution in [0, 0.1) is 0 Å². The van der Waals surface area contributed by atoms with Crippen molar-refractivity contribution in [2.75, 3.05) is 24.9 Å². The number of anilines is 1. The molecule has 0 spiro atoms. The average molecular weight is 551 g/mol. The molecule has 5 nitrogen and oxygen atoms in total. The van der Waals surface area contributed by atoms with Crippen molar-refractivity contribution in [2.24, 2.45) is 0 Å². The minimum Gasteiger partial charge on any atom is -0.488 e. The van der Waals surface area contributed by atoms with Crippen LogP contribution >= 0.6 is 34.5 Å². The third-order valence-corrected chi connectivity index (χ3v) is 8.68. The molecule has 3 aromatic rings. The number of hydrogen-bond acceptors (Lipinski definition) is 5. The molecule has 0 saturated carbocycles. The fourth-order valence-corrected chi connectivity index (χ4v) is 6.74. The monoisotopic (exact) mass is 550 g/mol. The highest BCUT2D eigenvalue weighted by atomic mass is 35.5. The molecule has 1 saturated heterocycles. The number of halogens is 5. The van der Waals surface area contributed by atoms with Crippen LogP contribution in [0.25, 0.3) is 11.1 Å². The van der Waals surface area contributed by atoms with Gasteiger partial charge in [0.1, 0.15) is 16.1 Å². The van der Waals surface area contributed by atoms with Gasteiger partial charge in [-0.3, -0.25) is 4.72 Å². The molecule has 34 heavy (non-hydrogen) atoms. The van der Waals surface area contributed by atoms with Gasteiger partial charge in [-0.25, -0.2) is 8.42 Å². The molecule has 12 heteroatoms. The van der Waals surface area contributed by atoms with E-state index >= 15 is 0 Å². The van der Waals surface area contributed by atoms with Crippen molar-refractivity contribution in [3.63, 3.8) is 0 Å². The summed E-state index contributed by atoms with van der Waals surface area (Å²) in [5.74, 6) is -0.421. The lowest BCUT2D eigenvalue weighted by Gasteiger charge is -2.19. The third-order valence-electron chi connectivity index (χ3n) is 5.25. The van der Waals surface area contributed by atoms with Gasteiger partial charge in [-0.05, 0) is 49.4 Å². The second kappa shape index (κ2) is 9.58. The van der Waals surface area contributed by atoms with Gasteiger partial charge in [-0.2, -0.15) is 13.2 Å². The van der Waals surface area contributed by atoms with Crippen molar-refractivity contribution in [1.82, 2.24) is 4.90 Å². The lowest BCUT2D eigenvalue weighted by atomic mass is 10.1. The van der Waals surface area contributed by atoms with Crippen LogP contribution in [-0.4, -0.2) is 39.6 Å². The summed E-state index contributed by atoms with van der Waals surface area (Å²) < 4.78 is 75.2. The van der Waals surface area contributed by atoms with Crippen molar-refractivity contribution < 1.29 is 26.3 Å². The topological polar surface area (TPSA) is 58.6 Å². The van der Waals surface area contributed by atoms with E-state index in [1.165, 1.54) is 6.07 Å². The van der Waals surface area contributed by atoms with Crippen molar-refractivity contribution in [1.29, 1.82) is 0 Å². The first-order valence-corrected chi connectivity index (χ1v) is 13.1. The number of rotatable bonds is 6. The van der Waals surface area contributed by atoms with E-state index in [2.05, 4.69) is 4.72 Å². The van der Waals surface area contributed by atoms with Crippen LogP contribution in [0.4, 0.5) is 18.9 Å². The first-order valence-electron chi connectivity index (χ1n) is 10.1. The number of nitrogens with zero attached hydrogens (tertiary/aromatic N) is 1. The zero-order valence-electron chi connectivity index (χ0n) is 17.7. The first-order chi connectivity index (χ1) is 15.9. The molecular weight excluding hydrogens is 532 g/mol. The summed E-state index contributed by atoms with van der Waals surface area (Å²) in [6.07, 6.45) is -4.51. The Balaban J connectivity index is 1.67. The van der Waals surface area contributed by atoms with Crippen LogP contribution in [0.15, 0.2) is 52.7 Å². The fraction of sp³-hybridized carbons (Fsp3) is 0.273. The van der Waals surface area contributed by atoms with Crippen LogP contribution in [-0.2, 0) is 16.2 Å². The summed E-state index contributed by atoms with van der Waals surface area (Å²) in [4.78, 5) is 1.95. The number of thiophene rings is 1. The van der Waals surface area contributed by atoms with Crippen molar-refractivity contribution in [2.45, 2.75) is 22.9 Å². The zero-order valence-corrected chi connectivity index (χ0v) is 20.8. The molecule has 1 aliphatic rings. The maximum Gasteiger partial charge on any atom is 0.419 e. The highest BCUT2D eigenvalue weighted by molar-refractivity contribution is 7.94. The van der Waals surface area contributed by atoms with Gasteiger partial charge in [0.05, 0.1) is 15.6 Å². The Labute approximate surface area is 209 Å². The minimum atomic E-state index is -4.65. The van der Waals surface area contributed by atoms with Crippen LogP contribution in [0.3, 0.4) is 0 Å². The van der Waals surface area contributed by atoms with E-state index in [0.29, 0.717) is 35.7 Å². The van der Waals surface area contributed by atoms with Crippen LogP contribution in [0.1, 0.15) is 12.0 Å². The van der Waals surface area contributed by atoms with E-state index in [0.717, 1.165) is 29.5 Å². The minimum absolute atomic E-state index is 0.0547. The zero-order chi connectivity index (χ0) is 24.7. The van der Waals surface area contributed by atoms with E-state index in [-0.39, 0.29) is 14.2 Å². The van der Waals surface area contributed by atoms with Crippen LogP contribution in [0.2, 0.25) is 9.36 Å². The lowest BCUT2D eigenvalue weighted by molar-refractivity contribution is -0.139. The number of alkyl halides is 3. The molecule has 0 unspecified atom stereocenters. The molecule has 4 rings (SSSR count). The van der Waals surface area contributed by atoms with Crippen LogP contribution < -0.4 is 9.46 Å². The number of sulfonamides is 1. The number of hydrogen-bond donors (Lipinski definition) is 1. The Kier molecular flexibility index (Phi) is 7.08. The molecule has 182 valence electrons. The SMILES string of the molecule is CN1CC[C@@H](Oc2cc(NS(=O)(=O)c3sc(Cl)cc3-c3ccc(Cl)cc3)ccc2C(F)(F)F)C1. The molecule has 2 aromatic carbocycles. The number of ether oxygens (including phenoxy) is 1. The number of likely N-dealkylation sites (tertiary alicyclic amines) is 1. The summed E-state index contributed by atoms with van der Waals surface area (Å²) in [6, 6.07) is 11.0. The van der Waals surface area contributed by atoms with E-state index in [4.69, 9.17) is 27.9 Å². The molecule has 1 aromatic heterocycles. The third kappa shape index (κ3) is 5.63. The van der Waals surface area contributed by atoms with Crippen molar-refractivity contribution in [3.8, 4) is 16.9 Å². The van der Waals surface area contributed by atoms with Gasteiger partial charge in [0.15, 0.2) is 0 Å². The van der Waals surface area contributed by atoms with E-state index in [1.807, 2.05) is 11.9 Å². The Hall–Kier alpha value is -1.98. The summed E-state index contributed by atoms with van der Waals surface area (Å²) in [5.41, 5.74) is -0.0850. The number of benzene rings is 2. The molecule has 0 radical (unpaired) electrons. The molecule has 1 atom stereocenters. The lowest BCUT2D eigenvalue weighted by Crippen LogP contribution is -2.23. The Morgan fingerprint density at radius 3 is 2.44 bits per heavy atom. The van der Waals surface area contributed by atoms with Gasteiger partial charge in [-0.15, -0.1) is 11.3 Å².